The monoisotopic (exact) mass is 300 g/mol. The standard InChI is InChI=1S/C12H16N2O5S/c1-12(2)18-8-6(5-15)20-10(9(8)19-12)14-4-3-7(16)13-11(14)17/h3-4,6,8-10,15H,5H2,1-2H3,(H,13,16,17). The van der Waals surface area contributed by atoms with Crippen LogP contribution in [0, 0.1) is 0 Å². The lowest BCUT2D eigenvalue weighted by Crippen LogP contribution is -2.36. The summed E-state index contributed by atoms with van der Waals surface area (Å²) < 4.78 is 13.1. The number of H-pyrrole nitrogens is 1. The van der Waals surface area contributed by atoms with Crippen LogP contribution in [0.15, 0.2) is 21.9 Å². The zero-order valence-corrected chi connectivity index (χ0v) is 11.9. The van der Waals surface area contributed by atoms with Crippen LogP contribution in [0.3, 0.4) is 0 Å². The summed E-state index contributed by atoms with van der Waals surface area (Å²) in [6, 6.07) is 1.30. The largest absolute Gasteiger partial charge is 0.395 e. The van der Waals surface area contributed by atoms with E-state index < -0.39 is 17.0 Å². The van der Waals surface area contributed by atoms with Gasteiger partial charge < -0.3 is 14.6 Å². The molecule has 0 saturated carbocycles. The molecule has 0 aliphatic carbocycles. The third kappa shape index (κ3) is 2.22. The molecule has 2 fully saturated rings. The Labute approximate surface area is 118 Å². The van der Waals surface area contributed by atoms with Crippen molar-refractivity contribution in [2.45, 2.75) is 42.5 Å². The van der Waals surface area contributed by atoms with Crippen molar-refractivity contribution in [3.63, 3.8) is 0 Å². The lowest BCUT2D eigenvalue weighted by atomic mass is 10.1. The molecule has 3 rings (SSSR count). The Hall–Kier alpha value is -1.09. The number of hydrogen-bond donors (Lipinski definition) is 2. The highest BCUT2D eigenvalue weighted by molar-refractivity contribution is 8.00. The molecule has 2 N–H and O–H groups in total. The molecular weight excluding hydrogens is 284 g/mol. The van der Waals surface area contributed by atoms with Crippen LogP contribution in [0.5, 0.6) is 0 Å². The van der Waals surface area contributed by atoms with E-state index in [1.54, 1.807) is 13.8 Å². The summed E-state index contributed by atoms with van der Waals surface area (Å²) in [4.78, 5) is 25.3. The van der Waals surface area contributed by atoms with Crippen LogP contribution in [0.25, 0.3) is 0 Å². The van der Waals surface area contributed by atoms with E-state index in [0.717, 1.165) is 0 Å². The summed E-state index contributed by atoms with van der Waals surface area (Å²) in [5.41, 5.74) is -0.922. The molecular formula is C12H16N2O5S. The maximum Gasteiger partial charge on any atom is 0.329 e. The second-order valence-electron chi connectivity index (χ2n) is 5.33. The quantitative estimate of drug-likeness (QED) is 0.776. The number of thioether (sulfide) groups is 1. The highest BCUT2D eigenvalue weighted by Gasteiger charge is 2.55. The molecule has 0 radical (unpaired) electrons. The van der Waals surface area contributed by atoms with Gasteiger partial charge in [-0.05, 0) is 13.8 Å². The summed E-state index contributed by atoms with van der Waals surface area (Å²) in [5.74, 6) is -0.742. The van der Waals surface area contributed by atoms with Crippen molar-refractivity contribution in [1.29, 1.82) is 0 Å². The van der Waals surface area contributed by atoms with E-state index in [0.29, 0.717) is 0 Å². The normalized spacial score (nSPS) is 35.1. The van der Waals surface area contributed by atoms with E-state index in [9.17, 15) is 14.7 Å². The molecule has 7 nitrogen and oxygen atoms in total. The summed E-state index contributed by atoms with van der Waals surface area (Å²) in [6.07, 6.45) is 0.837. The first-order chi connectivity index (χ1) is 9.41. The summed E-state index contributed by atoms with van der Waals surface area (Å²) >= 11 is 1.42. The topological polar surface area (TPSA) is 93.5 Å². The van der Waals surface area contributed by atoms with Crippen LogP contribution in [-0.2, 0) is 9.47 Å². The molecule has 20 heavy (non-hydrogen) atoms. The minimum Gasteiger partial charge on any atom is -0.395 e. The number of aliphatic hydroxyl groups is 1. The first kappa shape index (κ1) is 13.9. The van der Waals surface area contributed by atoms with Gasteiger partial charge in [0.15, 0.2) is 5.79 Å². The van der Waals surface area contributed by atoms with E-state index >= 15 is 0 Å². The Balaban J connectivity index is 1.98. The van der Waals surface area contributed by atoms with E-state index in [4.69, 9.17) is 9.47 Å². The van der Waals surface area contributed by atoms with Crippen molar-refractivity contribution in [1.82, 2.24) is 9.55 Å². The molecule has 2 saturated heterocycles. The predicted octanol–water partition coefficient (Wildman–Crippen LogP) is -0.337. The number of aromatic amines is 1. The van der Waals surface area contributed by atoms with Crippen LogP contribution in [0.4, 0.5) is 0 Å². The smallest absolute Gasteiger partial charge is 0.329 e. The molecule has 8 heteroatoms. The van der Waals surface area contributed by atoms with E-state index in [1.807, 2.05) is 0 Å². The van der Waals surface area contributed by atoms with E-state index in [1.165, 1.54) is 28.6 Å². The van der Waals surface area contributed by atoms with Gasteiger partial charge >= 0.3 is 5.69 Å². The molecule has 2 aliphatic rings. The van der Waals surface area contributed by atoms with Crippen molar-refractivity contribution in [3.05, 3.63) is 33.1 Å². The van der Waals surface area contributed by atoms with E-state index in [-0.39, 0.29) is 29.4 Å². The molecule has 110 valence electrons. The van der Waals surface area contributed by atoms with Crippen molar-refractivity contribution >= 4 is 11.8 Å². The Morgan fingerprint density at radius 1 is 1.40 bits per heavy atom. The van der Waals surface area contributed by atoms with Crippen LogP contribution in [0.1, 0.15) is 19.2 Å². The molecule has 0 spiro atoms. The Morgan fingerprint density at radius 2 is 2.10 bits per heavy atom. The second-order valence-corrected chi connectivity index (χ2v) is 6.69. The number of nitrogens with one attached hydrogen (secondary N) is 1. The lowest BCUT2D eigenvalue weighted by Gasteiger charge is -2.23. The average molecular weight is 300 g/mol. The molecule has 4 atom stereocenters. The highest BCUT2D eigenvalue weighted by Crippen LogP contribution is 2.50. The van der Waals surface area contributed by atoms with Crippen LogP contribution >= 0.6 is 11.8 Å². The maximum atomic E-state index is 11.9. The van der Waals surface area contributed by atoms with Gasteiger partial charge in [0, 0.05) is 12.3 Å². The highest BCUT2D eigenvalue weighted by atomic mass is 32.2. The minimum absolute atomic E-state index is 0.0557. The van der Waals surface area contributed by atoms with Gasteiger partial charge in [0.05, 0.1) is 11.9 Å². The first-order valence-electron chi connectivity index (χ1n) is 6.35. The molecule has 1 aromatic rings. The van der Waals surface area contributed by atoms with Crippen LogP contribution < -0.4 is 11.2 Å². The zero-order valence-electron chi connectivity index (χ0n) is 11.1. The molecule has 1 aromatic heterocycles. The van der Waals surface area contributed by atoms with Crippen LogP contribution in [0.2, 0.25) is 0 Å². The van der Waals surface area contributed by atoms with Crippen molar-refractivity contribution in [3.8, 4) is 0 Å². The number of aliphatic hydroxyl groups excluding tert-OH is 1. The van der Waals surface area contributed by atoms with Crippen molar-refractivity contribution in [2.75, 3.05) is 6.61 Å². The number of ether oxygens (including phenoxy) is 2. The second kappa shape index (κ2) is 4.73. The van der Waals surface area contributed by atoms with Gasteiger partial charge in [-0.3, -0.25) is 14.3 Å². The summed E-state index contributed by atoms with van der Waals surface area (Å²) in [7, 11) is 0. The third-order valence-electron chi connectivity index (χ3n) is 3.43. The van der Waals surface area contributed by atoms with Crippen molar-refractivity contribution < 1.29 is 14.6 Å². The van der Waals surface area contributed by atoms with Gasteiger partial charge in [0.25, 0.3) is 5.56 Å². The lowest BCUT2D eigenvalue weighted by molar-refractivity contribution is -0.149. The fourth-order valence-electron chi connectivity index (χ4n) is 2.66. The van der Waals surface area contributed by atoms with Crippen molar-refractivity contribution in [2.24, 2.45) is 0 Å². The minimum atomic E-state index is -0.742. The Bertz CT molecular complexity index is 625. The maximum absolute atomic E-state index is 11.9. The zero-order chi connectivity index (χ0) is 14.5. The fourth-order valence-corrected chi connectivity index (χ4v) is 4.13. The molecule has 4 unspecified atom stereocenters. The third-order valence-corrected chi connectivity index (χ3v) is 4.97. The molecule has 2 aliphatic heterocycles. The molecule has 0 aromatic carbocycles. The van der Waals surface area contributed by atoms with E-state index in [2.05, 4.69) is 4.98 Å². The Kier molecular flexibility index (Phi) is 3.28. The van der Waals surface area contributed by atoms with Gasteiger partial charge in [-0.1, -0.05) is 0 Å². The van der Waals surface area contributed by atoms with Gasteiger partial charge in [-0.15, -0.1) is 11.8 Å². The van der Waals surface area contributed by atoms with Gasteiger partial charge in [-0.25, -0.2) is 4.79 Å². The molecule has 0 bridgehead atoms. The summed E-state index contributed by atoms with van der Waals surface area (Å²) in [5, 5.41) is 8.97. The number of nitrogens with zero attached hydrogens (tertiary/aromatic N) is 1. The number of fused-ring (bicyclic) bond motifs is 1. The molecule has 0 amide bonds. The first-order valence-corrected chi connectivity index (χ1v) is 7.29. The van der Waals surface area contributed by atoms with Gasteiger partial charge in [-0.2, -0.15) is 0 Å². The summed E-state index contributed by atoms with van der Waals surface area (Å²) in [6.45, 7) is 3.55. The van der Waals surface area contributed by atoms with Crippen LogP contribution in [-0.4, -0.2) is 44.5 Å². The fraction of sp³-hybridized carbons (Fsp3) is 0.667. The number of hydrogen-bond acceptors (Lipinski definition) is 6. The number of rotatable bonds is 2. The average Bonchev–Trinajstić information content (AvgIpc) is 2.83. The predicted molar refractivity (Wildman–Crippen MR) is 72.6 cm³/mol. The SMILES string of the molecule is CC1(C)OC2C(CO)SC(n3ccc(=O)[nH]c3=O)C2O1. The van der Waals surface area contributed by atoms with Gasteiger partial charge in [0.1, 0.15) is 17.6 Å². The Morgan fingerprint density at radius 3 is 2.75 bits per heavy atom. The number of aromatic nitrogens is 2. The molecule has 3 heterocycles. The van der Waals surface area contributed by atoms with Gasteiger partial charge in [0.2, 0.25) is 0 Å².